The van der Waals surface area contributed by atoms with Crippen LogP contribution in [0, 0.1) is 0 Å². The molecule has 1 aliphatic carbocycles. The minimum atomic E-state index is -1.22. The van der Waals surface area contributed by atoms with Gasteiger partial charge >= 0.3 is 12.1 Å². The number of nitrogens with zero attached hydrogens (tertiary/aromatic N) is 1. The standard InChI is InChI=1S/C25H25N3O7S/c1-15(29)26-14-36-13-21(24(32)35-28-22(30)10-11-23(28)31)27-25(33)34-12-20-18-8-4-2-6-16(18)17-7-3-5-9-19(17)20/h2-9,20-21H,10-14H2,1H3,(H,26,29)(H,27,33). The number of imide groups is 1. The van der Waals surface area contributed by atoms with Gasteiger partial charge in [-0.05, 0) is 22.3 Å². The van der Waals surface area contributed by atoms with Crippen LogP contribution < -0.4 is 10.6 Å². The Morgan fingerprint density at radius 1 is 1.00 bits per heavy atom. The number of fused-ring (bicyclic) bond motifs is 3. The number of hydrogen-bond donors (Lipinski definition) is 2. The van der Waals surface area contributed by atoms with Crippen molar-refractivity contribution < 1.29 is 33.5 Å². The Balaban J connectivity index is 1.40. The highest BCUT2D eigenvalue weighted by Crippen LogP contribution is 2.44. The first-order valence-electron chi connectivity index (χ1n) is 11.4. The molecule has 2 aromatic rings. The first-order valence-corrected chi connectivity index (χ1v) is 12.5. The number of hydrogen-bond acceptors (Lipinski definition) is 8. The van der Waals surface area contributed by atoms with Crippen LogP contribution in [0.25, 0.3) is 11.1 Å². The fourth-order valence-electron chi connectivity index (χ4n) is 4.09. The van der Waals surface area contributed by atoms with Crippen LogP contribution in [0.1, 0.15) is 36.8 Å². The van der Waals surface area contributed by atoms with E-state index >= 15 is 0 Å². The fraction of sp³-hybridized carbons (Fsp3) is 0.320. The van der Waals surface area contributed by atoms with Crippen molar-refractivity contribution in [3.63, 3.8) is 0 Å². The molecule has 1 aliphatic heterocycles. The van der Waals surface area contributed by atoms with Crippen molar-refractivity contribution in [1.29, 1.82) is 0 Å². The zero-order chi connectivity index (χ0) is 25.7. The lowest BCUT2D eigenvalue weighted by atomic mass is 9.98. The van der Waals surface area contributed by atoms with Crippen LogP contribution >= 0.6 is 11.8 Å². The molecule has 188 valence electrons. The zero-order valence-corrected chi connectivity index (χ0v) is 20.3. The van der Waals surface area contributed by atoms with Gasteiger partial charge in [0.1, 0.15) is 12.6 Å². The highest BCUT2D eigenvalue weighted by molar-refractivity contribution is 7.99. The summed E-state index contributed by atoms with van der Waals surface area (Å²) in [6.07, 6.45) is -0.945. The minimum absolute atomic E-state index is 0.0134. The van der Waals surface area contributed by atoms with Crippen molar-refractivity contribution in [3.05, 3.63) is 59.7 Å². The van der Waals surface area contributed by atoms with Crippen molar-refractivity contribution >= 4 is 41.5 Å². The largest absolute Gasteiger partial charge is 0.449 e. The first-order chi connectivity index (χ1) is 17.3. The first kappa shape index (κ1) is 25.2. The molecule has 0 spiro atoms. The van der Waals surface area contributed by atoms with E-state index in [1.54, 1.807) is 0 Å². The Hall–Kier alpha value is -3.86. The number of carbonyl (C=O) groups excluding carboxylic acids is 5. The average molecular weight is 512 g/mol. The van der Waals surface area contributed by atoms with Gasteiger partial charge in [-0.1, -0.05) is 48.5 Å². The van der Waals surface area contributed by atoms with Crippen LogP contribution in [0.4, 0.5) is 4.79 Å². The van der Waals surface area contributed by atoms with Crippen LogP contribution in [-0.2, 0) is 28.8 Å². The fourth-order valence-corrected chi connectivity index (χ4v) is 4.97. The summed E-state index contributed by atoms with van der Waals surface area (Å²) < 4.78 is 5.49. The monoisotopic (exact) mass is 511 g/mol. The van der Waals surface area contributed by atoms with E-state index < -0.39 is 29.9 Å². The van der Waals surface area contributed by atoms with Gasteiger partial charge in [-0.3, -0.25) is 14.4 Å². The third-order valence-corrected chi connectivity index (χ3v) is 6.73. The Morgan fingerprint density at radius 3 is 2.17 bits per heavy atom. The molecule has 36 heavy (non-hydrogen) atoms. The van der Waals surface area contributed by atoms with Crippen LogP contribution in [0.2, 0.25) is 0 Å². The second kappa shape index (κ2) is 11.3. The molecule has 4 amide bonds. The third-order valence-electron chi connectivity index (χ3n) is 5.81. The number of nitrogens with one attached hydrogen (secondary N) is 2. The van der Waals surface area contributed by atoms with Crippen molar-refractivity contribution in [2.45, 2.75) is 31.7 Å². The molecule has 2 N–H and O–H groups in total. The summed E-state index contributed by atoms with van der Waals surface area (Å²) in [7, 11) is 0. The lowest BCUT2D eigenvalue weighted by Gasteiger charge is -2.20. The summed E-state index contributed by atoms with van der Waals surface area (Å²) in [5.41, 5.74) is 4.24. The molecule has 1 unspecified atom stereocenters. The number of ether oxygens (including phenoxy) is 1. The van der Waals surface area contributed by atoms with Gasteiger partial charge in [-0.2, -0.15) is 0 Å². The Morgan fingerprint density at radius 2 is 1.58 bits per heavy atom. The van der Waals surface area contributed by atoms with Gasteiger partial charge < -0.3 is 20.2 Å². The van der Waals surface area contributed by atoms with Crippen molar-refractivity contribution in [1.82, 2.24) is 15.7 Å². The highest BCUT2D eigenvalue weighted by atomic mass is 32.2. The summed E-state index contributed by atoms with van der Waals surface area (Å²) in [5, 5.41) is 5.46. The molecule has 1 fully saturated rings. The summed E-state index contributed by atoms with van der Waals surface area (Å²) in [4.78, 5) is 65.1. The molecule has 0 aromatic heterocycles. The summed E-state index contributed by atoms with van der Waals surface area (Å²) in [6, 6.07) is 14.6. The Bertz CT molecular complexity index is 1140. The van der Waals surface area contributed by atoms with Crippen LogP contribution in [0.3, 0.4) is 0 Å². The molecule has 2 aliphatic rings. The third kappa shape index (κ3) is 5.68. The second-order valence-electron chi connectivity index (χ2n) is 8.26. The van der Waals surface area contributed by atoms with E-state index in [-0.39, 0.29) is 42.9 Å². The van der Waals surface area contributed by atoms with E-state index in [4.69, 9.17) is 9.57 Å². The van der Waals surface area contributed by atoms with E-state index in [0.29, 0.717) is 5.06 Å². The number of benzene rings is 2. The van der Waals surface area contributed by atoms with Gasteiger partial charge in [-0.15, -0.1) is 16.8 Å². The molecule has 4 rings (SSSR count). The number of carbonyl (C=O) groups is 5. The molecule has 1 saturated heterocycles. The number of thioether (sulfide) groups is 1. The summed E-state index contributed by atoms with van der Waals surface area (Å²) in [5.74, 6) is -2.45. The van der Waals surface area contributed by atoms with Crippen molar-refractivity contribution in [3.8, 4) is 11.1 Å². The summed E-state index contributed by atoms with van der Waals surface area (Å²) in [6.45, 7) is 1.40. The topological polar surface area (TPSA) is 131 Å². The molecule has 0 saturated carbocycles. The zero-order valence-electron chi connectivity index (χ0n) is 19.5. The normalized spacial score (nSPS) is 15.2. The predicted octanol–water partition coefficient (Wildman–Crippen LogP) is 2.33. The maximum atomic E-state index is 12.7. The van der Waals surface area contributed by atoms with Gasteiger partial charge in [0, 0.05) is 31.4 Å². The van der Waals surface area contributed by atoms with E-state index in [0.717, 1.165) is 34.0 Å². The second-order valence-corrected chi connectivity index (χ2v) is 9.29. The highest BCUT2D eigenvalue weighted by Gasteiger charge is 2.36. The summed E-state index contributed by atoms with van der Waals surface area (Å²) >= 11 is 1.15. The molecule has 0 bridgehead atoms. The van der Waals surface area contributed by atoms with Gasteiger partial charge in [-0.25, -0.2) is 9.59 Å². The van der Waals surface area contributed by atoms with Crippen LogP contribution in [0.15, 0.2) is 48.5 Å². The smallest absolute Gasteiger partial charge is 0.407 e. The average Bonchev–Trinajstić information content (AvgIpc) is 3.36. The number of amides is 4. The van der Waals surface area contributed by atoms with Gasteiger partial charge in [0.05, 0.1) is 5.88 Å². The molecular formula is C25H25N3O7S. The lowest BCUT2D eigenvalue weighted by Crippen LogP contribution is -2.47. The maximum Gasteiger partial charge on any atom is 0.407 e. The minimum Gasteiger partial charge on any atom is -0.449 e. The van der Waals surface area contributed by atoms with Gasteiger partial charge in [0.2, 0.25) is 5.91 Å². The number of alkyl carbamates (subject to hydrolysis) is 1. The maximum absolute atomic E-state index is 12.7. The molecular weight excluding hydrogens is 486 g/mol. The number of rotatable bonds is 9. The van der Waals surface area contributed by atoms with E-state index in [2.05, 4.69) is 10.6 Å². The van der Waals surface area contributed by atoms with Crippen LogP contribution in [0.5, 0.6) is 0 Å². The Labute approximate surface area is 211 Å². The molecule has 1 atom stereocenters. The SMILES string of the molecule is CC(=O)NCSCC(NC(=O)OCC1c2ccccc2-c2ccccc21)C(=O)ON1C(=O)CCC1=O. The lowest BCUT2D eigenvalue weighted by molar-refractivity contribution is -0.198. The van der Waals surface area contributed by atoms with E-state index in [9.17, 15) is 24.0 Å². The Kier molecular flexibility index (Phi) is 7.89. The predicted molar refractivity (Wildman–Crippen MR) is 130 cm³/mol. The quantitative estimate of drug-likeness (QED) is 0.298. The number of hydroxylamine groups is 2. The van der Waals surface area contributed by atoms with Crippen molar-refractivity contribution in [2.24, 2.45) is 0 Å². The van der Waals surface area contributed by atoms with Gasteiger partial charge in [0.15, 0.2) is 0 Å². The molecule has 10 nitrogen and oxygen atoms in total. The van der Waals surface area contributed by atoms with Crippen LogP contribution in [-0.4, -0.2) is 59.1 Å². The molecule has 2 aromatic carbocycles. The van der Waals surface area contributed by atoms with E-state index in [1.165, 1.54) is 6.92 Å². The molecule has 11 heteroatoms. The molecule has 1 heterocycles. The molecule has 0 radical (unpaired) electrons. The van der Waals surface area contributed by atoms with Gasteiger partial charge in [0.25, 0.3) is 11.8 Å². The van der Waals surface area contributed by atoms with E-state index in [1.807, 2.05) is 48.5 Å². The van der Waals surface area contributed by atoms with Crippen molar-refractivity contribution in [2.75, 3.05) is 18.2 Å².